The molecule has 0 amide bonds. The molecule has 0 aliphatic carbocycles. The molecule has 0 aliphatic rings. The second-order valence-corrected chi connectivity index (χ2v) is 5.12. The first-order valence-corrected chi connectivity index (χ1v) is 6.81. The summed E-state index contributed by atoms with van der Waals surface area (Å²) in [4.78, 5) is 0. The third kappa shape index (κ3) is 1.86. The number of fused-ring (bicyclic) bond motifs is 2. The second kappa shape index (κ2) is 4.49. The van der Waals surface area contributed by atoms with E-state index in [2.05, 4.69) is 10.2 Å². The van der Waals surface area contributed by atoms with Crippen LogP contribution in [-0.4, -0.2) is 10.2 Å². The molecule has 0 saturated heterocycles. The molecule has 102 valence electrons. The fourth-order valence-corrected chi connectivity index (χ4v) is 2.67. The average Bonchev–Trinajstić information content (AvgIpc) is 2.93. The Bertz CT molecular complexity index is 1040. The number of hydrogen-bond donors (Lipinski definition) is 1. The molecule has 2 aromatic heterocycles. The largest absolute Gasteiger partial charge is 0.451 e. The Kier molecular flexibility index (Phi) is 2.62. The maximum atomic E-state index is 13.8. The first kappa shape index (κ1) is 12.2. The van der Waals surface area contributed by atoms with Crippen molar-refractivity contribution in [3.63, 3.8) is 0 Å². The van der Waals surface area contributed by atoms with Crippen LogP contribution in [0.2, 0.25) is 0 Å². The summed E-state index contributed by atoms with van der Waals surface area (Å²) >= 11 is 5.24. The van der Waals surface area contributed by atoms with Gasteiger partial charge in [-0.2, -0.15) is 5.10 Å². The molecule has 5 heteroatoms. The van der Waals surface area contributed by atoms with Crippen LogP contribution in [0.3, 0.4) is 0 Å². The summed E-state index contributed by atoms with van der Waals surface area (Å²) < 4.78 is 20.0. The highest BCUT2D eigenvalue weighted by atomic mass is 32.1. The normalized spacial score (nSPS) is 11.3. The lowest BCUT2D eigenvalue weighted by atomic mass is 10.1. The highest BCUT2D eigenvalue weighted by Gasteiger charge is 2.13. The molecular weight excluding hydrogens is 287 g/mol. The van der Waals surface area contributed by atoms with E-state index >= 15 is 0 Å². The molecule has 0 radical (unpaired) electrons. The van der Waals surface area contributed by atoms with E-state index in [0.29, 0.717) is 21.5 Å². The smallest absolute Gasteiger partial charge is 0.170 e. The van der Waals surface area contributed by atoms with Crippen molar-refractivity contribution >= 4 is 34.0 Å². The van der Waals surface area contributed by atoms with Gasteiger partial charge < -0.3 is 4.42 Å². The Balaban J connectivity index is 2.07. The molecule has 0 unspecified atom stereocenters. The summed E-state index contributed by atoms with van der Waals surface area (Å²) in [5.74, 6) is 0.129. The maximum Gasteiger partial charge on any atom is 0.170 e. The van der Waals surface area contributed by atoms with E-state index in [1.165, 1.54) is 6.07 Å². The molecule has 0 bridgehead atoms. The van der Waals surface area contributed by atoms with Gasteiger partial charge in [0, 0.05) is 16.2 Å². The third-order valence-electron chi connectivity index (χ3n) is 3.43. The van der Waals surface area contributed by atoms with Gasteiger partial charge in [-0.25, -0.2) is 4.39 Å². The van der Waals surface area contributed by atoms with Gasteiger partial charge in [0.1, 0.15) is 10.3 Å². The summed E-state index contributed by atoms with van der Waals surface area (Å²) in [6.07, 6.45) is 0. The van der Waals surface area contributed by atoms with Crippen LogP contribution in [0.15, 0.2) is 52.9 Å². The van der Waals surface area contributed by atoms with Gasteiger partial charge in [0.05, 0.1) is 0 Å². The Hall–Kier alpha value is -2.53. The molecule has 0 atom stereocenters. The highest BCUT2D eigenvalue weighted by Crippen LogP contribution is 2.32. The van der Waals surface area contributed by atoms with Gasteiger partial charge in [-0.05, 0) is 12.1 Å². The van der Waals surface area contributed by atoms with Gasteiger partial charge in [0.2, 0.25) is 0 Å². The quantitative estimate of drug-likeness (QED) is 0.511. The van der Waals surface area contributed by atoms with Crippen molar-refractivity contribution in [3.05, 3.63) is 59.0 Å². The van der Waals surface area contributed by atoms with Crippen molar-refractivity contribution in [1.29, 1.82) is 0 Å². The summed E-state index contributed by atoms with van der Waals surface area (Å²) in [6.45, 7) is 0. The number of para-hydroxylation sites is 1. The molecule has 2 heterocycles. The number of hydrogen-bond acceptors (Lipinski definition) is 3. The highest BCUT2D eigenvalue weighted by molar-refractivity contribution is 7.71. The first-order valence-electron chi connectivity index (χ1n) is 6.40. The Morgan fingerprint density at radius 2 is 1.86 bits per heavy atom. The van der Waals surface area contributed by atoms with Crippen LogP contribution < -0.4 is 0 Å². The number of H-pyrrole nitrogens is 1. The summed E-state index contributed by atoms with van der Waals surface area (Å²) in [5, 5.41) is 9.54. The van der Waals surface area contributed by atoms with Gasteiger partial charge in [-0.15, -0.1) is 0 Å². The fourth-order valence-electron chi connectivity index (χ4n) is 2.45. The fraction of sp³-hybridized carbons (Fsp3) is 0. The number of nitrogens with one attached hydrogen (secondary N) is 1. The molecule has 0 saturated carbocycles. The summed E-state index contributed by atoms with van der Waals surface area (Å²) in [5.41, 5.74) is 0.857. The van der Waals surface area contributed by atoms with Gasteiger partial charge >= 0.3 is 0 Å². The zero-order valence-corrected chi connectivity index (χ0v) is 11.6. The number of furan rings is 1. The molecular formula is C16H9FN2OS. The van der Waals surface area contributed by atoms with Gasteiger partial charge in [0.15, 0.2) is 17.2 Å². The standard InChI is InChI=1S/C16H9FN2OS/c17-12-7-3-4-9-8-13(20-15(9)12)14-10-5-1-2-6-11(10)16(21)19-18-14/h1-8H,(H,19,21). The molecule has 4 rings (SSSR count). The van der Waals surface area contributed by atoms with Crippen LogP contribution in [0.5, 0.6) is 0 Å². The molecule has 2 aromatic carbocycles. The summed E-state index contributed by atoms with van der Waals surface area (Å²) in [7, 11) is 0. The van der Waals surface area contributed by atoms with Crippen LogP contribution in [0.25, 0.3) is 33.2 Å². The van der Waals surface area contributed by atoms with Crippen molar-refractivity contribution in [2.24, 2.45) is 0 Å². The van der Waals surface area contributed by atoms with Crippen molar-refractivity contribution in [3.8, 4) is 11.5 Å². The average molecular weight is 296 g/mol. The topological polar surface area (TPSA) is 41.8 Å². The molecule has 0 aliphatic heterocycles. The number of nitrogens with zero attached hydrogens (tertiary/aromatic N) is 1. The van der Waals surface area contributed by atoms with E-state index in [9.17, 15) is 4.39 Å². The van der Waals surface area contributed by atoms with E-state index < -0.39 is 0 Å². The van der Waals surface area contributed by atoms with Gasteiger partial charge in [-0.3, -0.25) is 5.10 Å². The lowest BCUT2D eigenvalue weighted by Gasteiger charge is -2.02. The van der Waals surface area contributed by atoms with Crippen molar-refractivity contribution in [2.75, 3.05) is 0 Å². The number of aromatic amines is 1. The first-order chi connectivity index (χ1) is 10.2. The second-order valence-electron chi connectivity index (χ2n) is 4.72. The van der Waals surface area contributed by atoms with E-state index in [-0.39, 0.29) is 11.4 Å². The molecule has 4 aromatic rings. The number of halogens is 1. The SMILES string of the molecule is Fc1cccc2cc(-c3n[nH]c(=S)c4ccccc34)oc12. The Morgan fingerprint density at radius 3 is 2.67 bits per heavy atom. The van der Waals surface area contributed by atoms with Crippen LogP contribution >= 0.6 is 12.2 Å². The molecule has 0 spiro atoms. The van der Waals surface area contributed by atoms with Crippen molar-refractivity contribution in [1.82, 2.24) is 10.2 Å². The zero-order chi connectivity index (χ0) is 14.4. The predicted molar refractivity (Wildman–Crippen MR) is 82.1 cm³/mol. The van der Waals surface area contributed by atoms with Crippen molar-refractivity contribution in [2.45, 2.75) is 0 Å². The maximum absolute atomic E-state index is 13.8. The van der Waals surface area contributed by atoms with Gasteiger partial charge in [0.25, 0.3) is 0 Å². The van der Waals surface area contributed by atoms with E-state index in [4.69, 9.17) is 16.6 Å². The minimum atomic E-state index is -0.382. The lowest BCUT2D eigenvalue weighted by molar-refractivity contribution is 0.567. The number of benzene rings is 2. The van der Waals surface area contributed by atoms with E-state index in [0.717, 1.165) is 10.8 Å². The lowest BCUT2D eigenvalue weighted by Crippen LogP contribution is -1.89. The van der Waals surface area contributed by atoms with E-state index in [1.807, 2.05) is 24.3 Å². The summed E-state index contributed by atoms with van der Waals surface area (Å²) in [6, 6.07) is 14.3. The molecule has 3 nitrogen and oxygen atoms in total. The predicted octanol–water partition coefficient (Wildman–Crippen LogP) is 4.84. The van der Waals surface area contributed by atoms with E-state index in [1.54, 1.807) is 18.2 Å². The monoisotopic (exact) mass is 296 g/mol. The van der Waals surface area contributed by atoms with Crippen LogP contribution in [-0.2, 0) is 0 Å². The Labute approximate surface area is 124 Å². The van der Waals surface area contributed by atoms with Crippen LogP contribution in [0, 0.1) is 10.5 Å². The molecule has 1 N–H and O–H groups in total. The third-order valence-corrected chi connectivity index (χ3v) is 3.74. The molecule has 21 heavy (non-hydrogen) atoms. The molecule has 0 fully saturated rings. The van der Waals surface area contributed by atoms with Crippen LogP contribution in [0.4, 0.5) is 4.39 Å². The Morgan fingerprint density at radius 1 is 1.05 bits per heavy atom. The van der Waals surface area contributed by atoms with Crippen molar-refractivity contribution < 1.29 is 8.81 Å². The zero-order valence-electron chi connectivity index (χ0n) is 10.8. The minimum Gasteiger partial charge on any atom is -0.451 e. The minimum absolute atomic E-state index is 0.237. The number of aromatic nitrogens is 2. The van der Waals surface area contributed by atoms with Gasteiger partial charge in [-0.1, -0.05) is 48.6 Å². The number of rotatable bonds is 1. The van der Waals surface area contributed by atoms with Crippen LogP contribution in [0.1, 0.15) is 0 Å².